The topological polar surface area (TPSA) is 57.2 Å². The van der Waals surface area contributed by atoms with E-state index in [9.17, 15) is 4.79 Å². The van der Waals surface area contributed by atoms with Crippen molar-refractivity contribution in [2.24, 2.45) is 14.1 Å². The van der Waals surface area contributed by atoms with Crippen molar-refractivity contribution in [1.82, 2.24) is 18.9 Å². The minimum Gasteiger partial charge on any atom is -0.494 e. The molecule has 0 spiro atoms. The molecule has 0 aliphatic carbocycles. The average Bonchev–Trinajstić information content (AvgIpc) is 3.64. The highest BCUT2D eigenvalue weighted by molar-refractivity contribution is 6.35. The van der Waals surface area contributed by atoms with Gasteiger partial charge in [0.25, 0.3) is 5.91 Å². The van der Waals surface area contributed by atoms with Crippen LogP contribution in [0, 0.1) is 27.7 Å². The second-order valence-corrected chi connectivity index (χ2v) is 13.7. The van der Waals surface area contributed by atoms with Crippen LogP contribution in [0.3, 0.4) is 0 Å². The summed E-state index contributed by atoms with van der Waals surface area (Å²) >= 11 is 13.5. The number of benzene rings is 3. The molecule has 0 N–H and O–H groups in total. The van der Waals surface area contributed by atoms with Gasteiger partial charge in [0.05, 0.1) is 28.5 Å². The second-order valence-electron chi connectivity index (χ2n) is 12.9. The Bertz CT molecular complexity index is 2200. The van der Waals surface area contributed by atoms with Gasteiger partial charge in [0.15, 0.2) is 0 Å². The molecule has 1 aliphatic rings. The van der Waals surface area contributed by atoms with E-state index < -0.39 is 0 Å². The van der Waals surface area contributed by atoms with Gasteiger partial charge in [-0.3, -0.25) is 9.48 Å². The Balaban J connectivity index is 1.37. The van der Waals surface area contributed by atoms with Gasteiger partial charge < -0.3 is 18.8 Å². The van der Waals surface area contributed by atoms with Gasteiger partial charge in [0, 0.05) is 71.0 Å². The highest BCUT2D eigenvalue weighted by atomic mass is 35.5. The first-order valence-corrected chi connectivity index (χ1v) is 16.8. The Morgan fingerprint density at radius 3 is 2.38 bits per heavy atom. The van der Waals surface area contributed by atoms with Crippen LogP contribution < -0.4 is 9.64 Å². The molecule has 6 aromatic rings. The third kappa shape index (κ3) is 5.02. The Kier molecular flexibility index (Phi) is 7.88. The standard InChI is InChI=1S/C38H39Cl2N5O2/c1-21-17-26(18-22(2)35(21)40)47-16-10-12-27-28-14-15-30(39)34(33-24(4)41-43(7)25(33)5)36(28)45-23(3)19-44(38(46)37(27)45)32-20-42(6)31-13-9-8-11-29(31)32/h8-9,11,13-15,17-18,20,23H,10,12,16,19H2,1-7H3/t23-/m1/s1. The van der Waals surface area contributed by atoms with Gasteiger partial charge in [-0.25, -0.2) is 0 Å². The minimum atomic E-state index is -0.0105. The lowest BCUT2D eigenvalue weighted by Crippen LogP contribution is -2.42. The van der Waals surface area contributed by atoms with E-state index in [2.05, 4.69) is 47.4 Å². The molecule has 0 radical (unpaired) electrons. The molecule has 0 unspecified atom stereocenters. The van der Waals surface area contributed by atoms with Gasteiger partial charge in [-0.1, -0.05) is 47.5 Å². The number of anilines is 1. The maximum absolute atomic E-state index is 14.8. The van der Waals surface area contributed by atoms with E-state index in [0.717, 1.165) is 83.9 Å². The zero-order valence-electron chi connectivity index (χ0n) is 27.9. The molecule has 0 fully saturated rings. The lowest BCUT2D eigenvalue weighted by molar-refractivity contribution is 0.0957. The van der Waals surface area contributed by atoms with Gasteiger partial charge >= 0.3 is 0 Å². The third-order valence-corrected chi connectivity index (χ3v) is 10.6. The number of hydrogen-bond acceptors (Lipinski definition) is 3. The van der Waals surface area contributed by atoms with Crippen LogP contribution in [0.25, 0.3) is 32.9 Å². The van der Waals surface area contributed by atoms with Gasteiger partial charge in [0.2, 0.25) is 0 Å². The van der Waals surface area contributed by atoms with Crippen LogP contribution in [0.1, 0.15) is 58.0 Å². The Labute approximate surface area is 285 Å². The number of carbonyl (C=O) groups excluding carboxylic acids is 1. The van der Waals surface area contributed by atoms with E-state index in [-0.39, 0.29) is 11.9 Å². The van der Waals surface area contributed by atoms with E-state index in [1.807, 2.05) is 74.8 Å². The average molecular weight is 669 g/mol. The monoisotopic (exact) mass is 667 g/mol. The molecular formula is C38H39Cl2N5O2. The SMILES string of the molecule is Cc1cc(OCCCc2c3n(c4c(-c5c(C)nn(C)c5C)c(Cl)ccc24)[C@H](C)CN(c2cn(C)c4ccccc24)C3=O)cc(C)c1Cl. The number of carbonyl (C=O) groups is 1. The molecule has 0 bridgehead atoms. The fourth-order valence-electron chi connectivity index (χ4n) is 7.47. The molecule has 1 aliphatic heterocycles. The van der Waals surface area contributed by atoms with Crippen molar-refractivity contribution in [3.05, 3.63) is 98.5 Å². The number of para-hydroxylation sites is 1. The molecule has 7 nitrogen and oxygen atoms in total. The van der Waals surface area contributed by atoms with Crippen LogP contribution in [-0.2, 0) is 20.5 Å². The molecule has 242 valence electrons. The number of aromatic nitrogens is 4. The van der Waals surface area contributed by atoms with E-state index >= 15 is 0 Å². The molecule has 0 saturated heterocycles. The van der Waals surface area contributed by atoms with Crippen molar-refractivity contribution in [1.29, 1.82) is 0 Å². The molecule has 1 amide bonds. The summed E-state index contributed by atoms with van der Waals surface area (Å²) in [5.41, 5.74) is 10.6. The van der Waals surface area contributed by atoms with Crippen molar-refractivity contribution in [3.8, 4) is 16.9 Å². The van der Waals surface area contributed by atoms with E-state index in [1.54, 1.807) is 0 Å². The van der Waals surface area contributed by atoms with Crippen molar-refractivity contribution in [3.63, 3.8) is 0 Å². The number of aryl methyl sites for hydroxylation is 6. The van der Waals surface area contributed by atoms with Gasteiger partial charge in [-0.2, -0.15) is 5.10 Å². The molecule has 7 rings (SSSR count). The molecule has 1 atom stereocenters. The molecule has 3 aromatic heterocycles. The first-order chi connectivity index (χ1) is 22.5. The molecule has 3 aromatic carbocycles. The minimum absolute atomic E-state index is 0.00257. The smallest absolute Gasteiger partial charge is 0.275 e. The maximum atomic E-state index is 14.8. The quantitative estimate of drug-likeness (QED) is 0.159. The summed E-state index contributed by atoms with van der Waals surface area (Å²) in [5.74, 6) is 0.800. The maximum Gasteiger partial charge on any atom is 0.275 e. The van der Waals surface area contributed by atoms with Crippen LogP contribution in [0.2, 0.25) is 10.0 Å². The first kappa shape index (κ1) is 31.4. The molecule has 0 saturated carbocycles. The summed E-state index contributed by atoms with van der Waals surface area (Å²) in [4.78, 5) is 16.8. The summed E-state index contributed by atoms with van der Waals surface area (Å²) in [6.45, 7) is 11.3. The normalized spacial score (nSPS) is 14.9. The number of amides is 1. The van der Waals surface area contributed by atoms with Crippen molar-refractivity contribution < 1.29 is 9.53 Å². The molecular weight excluding hydrogens is 629 g/mol. The molecule has 4 heterocycles. The first-order valence-electron chi connectivity index (χ1n) is 16.1. The summed E-state index contributed by atoms with van der Waals surface area (Å²) in [6.07, 6.45) is 3.46. The predicted octanol–water partition coefficient (Wildman–Crippen LogP) is 9.31. The Hall–Kier alpha value is -4.20. The summed E-state index contributed by atoms with van der Waals surface area (Å²) < 4.78 is 12.5. The van der Waals surface area contributed by atoms with Gasteiger partial charge in [0.1, 0.15) is 11.4 Å². The second kappa shape index (κ2) is 11.8. The van der Waals surface area contributed by atoms with Crippen molar-refractivity contribution in [2.45, 2.75) is 53.5 Å². The predicted molar refractivity (Wildman–Crippen MR) is 193 cm³/mol. The fourth-order valence-corrected chi connectivity index (χ4v) is 7.83. The lowest BCUT2D eigenvalue weighted by atomic mass is 9.98. The number of rotatable bonds is 7. The van der Waals surface area contributed by atoms with Crippen LogP contribution in [-0.4, -0.2) is 38.0 Å². The highest BCUT2D eigenvalue weighted by Crippen LogP contribution is 2.45. The zero-order chi connectivity index (χ0) is 33.3. The van der Waals surface area contributed by atoms with Gasteiger partial charge in [-0.15, -0.1) is 0 Å². The summed E-state index contributed by atoms with van der Waals surface area (Å²) in [5, 5.41) is 8.24. The van der Waals surface area contributed by atoms with Crippen molar-refractivity contribution >= 4 is 56.6 Å². The fraction of sp³-hybridized carbons (Fsp3) is 0.316. The van der Waals surface area contributed by atoms with E-state index in [1.165, 1.54) is 0 Å². The summed E-state index contributed by atoms with van der Waals surface area (Å²) in [6, 6.07) is 16.2. The number of ether oxygens (including phenoxy) is 1. The van der Waals surface area contributed by atoms with Crippen molar-refractivity contribution in [2.75, 3.05) is 18.1 Å². The largest absolute Gasteiger partial charge is 0.494 e. The van der Waals surface area contributed by atoms with Crippen LogP contribution in [0.5, 0.6) is 5.75 Å². The van der Waals surface area contributed by atoms with Crippen LogP contribution >= 0.6 is 23.2 Å². The third-order valence-electron chi connectivity index (χ3n) is 9.73. The number of nitrogens with zero attached hydrogens (tertiary/aromatic N) is 5. The molecule has 9 heteroatoms. The molecule has 47 heavy (non-hydrogen) atoms. The zero-order valence-corrected chi connectivity index (χ0v) is 29.4. The number of halogens is 2. The van der Waals surface area contributed by atoms with Gasteiger partial charge in [-0.05, 0) is 88.4 Å². The Morgan fingerprint density at radius 1 is 0.957 bits per heavy atom. The van der Waals surface area contributed by atoms with E-state index in [0.29, 0.717) is 30.3 Å². The lowest BCUT2D eigenvalue weighted by Gasteiger charge is -2.34. The van der Waals surface area contributed by atoms with Crippen LogP contribution in [0.15, 0.2) is 54.7 Å². The van der Waals surface area contributed by atoms with Crippen LogP contribution in [0.4, 0.5) is 5.69 Å². The number of fused-ring (bicyclic) bond motifs is 4. The Morgan fingerprint density at radius 2 is 1.68 bits per heavy atom. The highest BCUT2D eigenvalue weighted by Gasteiger charge is 2.37. The van der Waals surface area contributed by atoms with E-state index in [4.69, 9.17) is 33.0 Å². The summed E-state index contributed by atoms with van der Waals surface area (Å²) in [7, 11) is 3.99. The number of hydrogen-bond donors (Lipinski definition) is 0.